The number of halogens is 1. The van der Waals surface area contributed by atoms with E-state index in [1.807, 2.05) is 37.3 Å². The predicted molar refractivity (Wildman–Crippen MR) is 97.4 cm³/mol. The van der Waals surface area contributed by atoms with Gasteiger partial charge < -0.3 is 5.11 Å². The molecule has 0 fully saturated rings. The summed E-state index contributed by atoms with van der Waals surface area (Å²) in [4.78, 5) is 12.6. The van der Waals surface area contributed by atoms with E-state index in [0.29, 0.717) is 28.3 Å². The number of aromatic hydroxyl groups is 1. The number of phenolic OH excluding ortho intramolecular Hbond substituents is 1. The van der Waals surface area contributed by atoms with Gasteiger partial charge in [0.1, 0.15) is 10.9 Å². The van der Waals surface area contributed by atoms with E-state index in [1.165, 1.54) is 0 Å². The van der Waals surface area contributed by atoms with Crippen molar-refractivity contribution in [3.05, 3.63) is 81.6 Å². The van der Waals surface area contributed by atoms with Crippen LogP contribution >= 0.6 is 11.6 Å². The van der Waals surface area contributed by atoms with E-state index < -0.39 is 0 Å². The average Bonchev–Trinajstić information content (AvgIpc) is 3.09. The Bertz CT molecular complexity index is 1020. The number of ketones is 1. The van der Waals surface area contributed by atoms with Crippen LogP contribution in [0, 0.1) is 6.92 Å². The number of Topliss-reactive ketones (excluding diaryl/α,β-unsaturated/α-hetero) is 1. The van der Waals surface area contributed by atoms with Crippen LogP contribution in [-0.2, 0) is 6.42 Å². The van der Waals surface area contributed by atoms with E-state index in [4.69, 9.17) is 11.6 Å². The predicted octanol–water partition coefficient (Wildman–Crippen LogP) is 4.36. The summed E-state index contributed by atoms with van der Waals surface area (Å²) in [5, 5.41) is 14.9. The van der Waals surface area contributed by atoms with Crippen LogP contribution in [0.15, 0.2) is 54.1 Å². The quantitative estimate of drug-likeness (QED) is 0.698. The molecule has 4 nitrogen and oxygen atoms in total. The summed E-state index contributed by atoms with van der Waals surface area (Å²) in [6, 6.07) is 14.6. The fraction of sp³-hybridized carbons (Fsp3) is 0.100. The van der Waals surface area contributed by atoms with Crippen LogP contribution in [0.25, 0.3) is 11.8 Å². The fourth-order valence-electron chi connectivity index (χ4n) is 3.12. The molecule has 0 aliphatic heterocycles. The maximum Gasteiger partial charge on any atom is 0.189 e. The first-order valence-corrected chi connectivity index (χ1v) is 8.30. The molecular weight excluding hydrogens is 336 g/mol. The second-order valence-corrected chi connectivity index (χ2v) is 6.37. The average molecular weight is 351 g/mol. The number of hydrogen-bond acceptors (Lipinski definition) is 3. The number of fused-ring (bicyclic) bond motifs is 1. The van der Waals surface area contributed by atoms with Crippen molar-refractivity contribution >= 4 is 23.5 Å². The van der Waals surface area contributed by atoms with Crippen molar-refractivity contribution in [3.8, 4) is 11.4 Å². The Balaban J connectivity index is 1.78. The summed E-state index contributed by atoms with van der Waals surface area (Å²) >= 11 is 6.53. The molecule has 1 aromatic heterocycles. The van der Waals surface area contributed by atoms with Gasteiger partial charge in [0.05, 0.1) is 11.4 Å². The Kier molecular flexibility index (Phi) is 3.70. The largest absolute Gasteiger partial charge is 0.508 e. The Labute approximate surface area is 150 Å². The zero-order chi connectivity index (χ0) is 17.6. The van der Waals surface area contributed by atoms with Crippen molar-refractivity contribution < 1.29 is 9.90 Å². The van der Waals surface area contributed by atoms with Crippen LogP contribution in [0.4, 0.5) is 0 Å². The highest BCUT2D eigenvalue weighted by Gasteiger charge is 2.27. The Morgan fingerprint density at radius 1 is 1.16 bits per heavy atom. The van der Waals surface area contributed by atoms with E-state index >= 15 is 0 Å². The molecular formula is C20H15ClN2O2. The highest BCUT2D eigenvalue weighted by Crippen LogP contribution is 2.35. The summed E-state index contributed by atoms with van der Waals surface area (Å²) in [5.74, 6) is 0.0749. The van der Waals surface area contributed by atoms with Crippen molar-refractivity contribution in [2.75, 3.05) is 0 Å². The lowest BCUT2D eigenvalue weighted by molar-refractivity contribution is 0.104. The fourth-order valence-corrected chi connectivity index (χ4v) is 3.45. The minimum absolute atomic E-state index is 0.0752. The summed E-state index contributed by atoms with van der Waals surface area (Å²) < 4.78 is 1.66. The highest BCUT2D eigenvalue weighted by molar-refractivity contribution is 6.31. The van der Waals surface area contributed by atoms with Crippen molar-refractivity contribution in [1.82, 2.24) is 9.78 Å². The molecule has 0 radical (unpaired) electrons. The number of para-hydroxylation sites is 1. The molecule has 0 unspecified atom stereocenters. The normalized spacial score (nSPS) is 15.0. The zero-order valence-electron chi connectivity index (χ0n) is 13.5. The second kappa shape index (κ2) is 5.90. The molecule has 0 saturated carbocycles. The second-order valence-electron chi connectivity index (χ2n) is 6.02. The van der Waals surface area contributed by atoms with E-state index in [0.717, 1.165) is 16.9 Å². The first kappa shape index (κ1) is 15.7. The topological polar surface area (TPSA) is 55.1 Å². The third-order valence-corrected chi connectivity index (χ3v) is 4.79. The SMILES string of the molecule is Cc1nn(-c2ccccc2)c(Cl)c1/C=C1\Cc2c(O)cccc2C1=O. The summed E-state index contributed by atoms with van der Waals surface area (Å²) in [6.07, 6.45) is 2.18. The number of benzene rings is 2. The zero-order valence-corrected chi connectivity index (χ0v) is 14.3. The van der Waals surface area contributed by atoms with Gasteiger partial charge in [0, 0.05) is 28.7 Å². The molecule has 0 atom stereocenters. The van der Waals surface area contributed by atoms with E-state index in [2.05, 4.69) is 5.10 Å². The van der Waals surface area contributed by atoms with Crippen LogP contribution in [0.5, 0.6) is 5.75 Å². The molecule has 0 amide bonds. The third-order valence-electron chi connectivity index (χ3n) is 4.42. The maximum absolute atomic E-state index is 12.6. The Morgan fingerprint density at radius 3 is 2.64 bits per heavy atom. The molecule has 1 heterocycles. The van der Waals surface area contributed by atoms with Crippen molar-refractivity contribution in [2.45, 2.75) is 13.3 Å². The molecule has 0 spiro atoms. The van der Waals surface area contributed by atoms with Gasteiger partial charge in [0.25, 0.3) is 0 Å². The number of aryl methyl sites for hydroxylation is 1. The smallest absolute Gasteiger partial charge is 0.189 e. The number of carbonyl (C=O) groups is 1. The monoisotopic (exact) mass is 350 g/mol. The molecule has 25 heavy (non-hydrogen) atoms. The van der Waals surface area contributed by atoms with Crippen LogP contribution in [0.3, 0.4) is 0 Å². The van der Waals surface area contributed by atoms with Gasteiger partial charge in [-0.3, -0.25) is 4.79 Å². The number of nitrogens with zero attached hydrogens (tertiary/aromatic N) is 2. The third kappa shape index (κ3) is 2.55. The van der Waals surface area contributed by atoms with E-state index in [-0.39, 0.29) is 11.5 Å². The lowest BCUT2D eigenvalue weighted by Gasteiger charge is -2.02. The number of hydrogen-bond donors (Lipinski definition) is 1. The highest BCUT2D eigenvalue weighted by atomic mass is 35.5. The number of rotatable bonds is 2. The molecule has 4 rings (SSSR count). The first-order chi connectivity index (χ1) is 12.1. The first-order valence-electron chi connectivity index (χ1n) is 7.93. The molecule has 5 heteroatoms. The van der Waals surface area contributed by atoms with Gasteiger partial charge in [0.2, 0.25) is 0 Å². The number of allylic oxidation sites excluding steroid dienone is 1. The maximum atomic E-state index is 12.6. The van der Waals surface area contributed by atoms with E-state index in [1.54, 1.807) is 29.0 Å². The van der Waals surface area contributed by atoms with Gasteiger partial charge in [-0.15, -0.1) is 0 Å². The number of phenols is 1. The van der Waals surface area contributed by atoms with Crippen molar-refractivity contribution in [2.24, 2.45) is 0 Å². The van der Waals surface area contributed by atoms with Crippen LogP contribution in [-0.4, -0.2) is 20.7 Å². The Morgan fingerprint density at radius 2 is 1.92 bits per heavy atom. The van der Waals surface area contributed by atoms with Crippen LogP contribution in [0.2, 0.25) is 5.15 Å². The van der Waals surface area contributed by atoms with Gasteiger partial charge in [0.15, 0.2) is 5.78 Å². The van der Waals surface area contributed by atoms with Gasteiger partial charge >= 0.3 is 0 Å². The molecule has 3 aromatic rings. The Hall–Kier alpha value is -2.85. The number of aromatic nitrogens is 2. The summed E-state index contributed by atoms with van der Waals surface area (Å²) in [6.45, 7) is 1.86. The van der Waals surface area contributed by atoms with Gasteiger partial charge in [-0.05, 0) is 31.2 Å². The lowest BCUT2D eigenvalue weighted by Crippen LogP contribution is -1.96. The van der Waals surface area contributed by atoms with Crippen LogP contribution in [0.1, 0.15) is 27.2 Å². The van der Waals surface area contributed by atoms with Gasteiger partial charge in [-0.1, -0.05) is 41.9 Å². The minimum Gasteiger partial charge on any atom is -0.508 e. The van der Waals surface area contributed by atoms with Crippen LogP contribution < -0.4 is 0 Å². The van der Waals surface area contributed by atoms with Gasteiger partial charge in [-0.2, -0.15) is 5.10 Å². The minimum atomic E-state index is -0.0752. The lowest BCUT2D eigenvalue weighted by atomic mass is 10.1. The molecule has 0 bridgehead atoms. The molecule has 0 saturated heterocycles. The van der Waals surface area contributed by atoms with E-state index in [9.17, 15) is 9.90 Å². The molecule has 1 aliphatic rings. The molecule has 1 N–H and O–H groups in total. The molecule has 2 aromatic carbocycles. The standard InChI is InChI=1S/C20H15ClN2O2/c1-12-16(20(21)23(22-12)14-6-3-2-4-7-14)10-13-11-17-15(19(13)25)8-5-9-18(17)24/h2-10,24H,11H2,1H3/b13-10+. The van der Waals surface area contributed by atoms with Gasteiger partial charge in [-0.25, -0.2) is 4.68 Å². The molecule has 124 valence electrons. The molecule has 1 aliphatic carbocycles. The number of carbonyl (C=O) groups excluding carboxylic acids is 1. The van der Waals surface area contributed by atoms with Crippen molar-refractivity contribution in [1.29, 1.82) is 0 Å². The summed E-state index contributed by atoms with van der Waals surface area (Å²) in [7, 11) is 0. The van der Waals surface area contributed by atoms with Crippen molar-refractivity contribution in [3.63, 3.8) is 0 Å². The summed E-state index contributed by atoms with van der Waals surface area (Å²) in [5.41, 5.74) is 4.15.